The standard InChI is InChI=1S/C27H31N7O2S2/c1-27(2,3)17-7-8-19-15(10-17)9-16-12-21(37-26(16)32-19)24(35)31-20(13-28)14-5-4-6-18(11-14)30-25(36)22-23(29)34-38-33-22/h4-6,9,11-12,17,20H,7-8,10,13,28H2,1-3H3,(H2,29,34)(H,30,36)(H,31,35)/t17-,20-/m1/s1. The van der Waals surface area contributed by atoms with Gasteiger partial charge in [0.25, 0.3) is 11.8 Å². The average molecular weight is 550 g/mol. The number of amides is 2. The minimum absolute atomic E-state index is 0.0815. The fourth-order valence-corrected chi connectivity index (χ4v) is 6.27. The fraction of sp³-hybridized carbons (Fsp3) is 0.370. The van der Waals surface area contributed by atoms with Crippen molar-refractivity contribution in [2.75, 3.05) is 17.6 Å². The first-order chi connectivity index (χ1) is 18.1. The van der Waals surface area contributed by atoms with Crippen LogP contribution in [0.25, 0.3) is 10.2 Å². The number of nitrogens with one attached hydrogen (secondary N) is 2. The lowest BCUT2D eigenvalue weighted by molar-refractivity contribution is 0.0941. The van der Waals surface area contributed by atoms with Crippen molar-refractivity contribution in [3.05, 3.63) is 63.8 Å². The summed E-state index contributed by atoms with van der Waals surface area (Å²) in [6.07, 6.45) is 3.13. The van der Waals surface area contributed by atoms with Gasteiger partial charge in [0.1, 0.15) is 4.83 Å². The third kappa shape index (κ3) is 5.40. The van der Waals surface area contributed by atoms with Crippen LogP contribution in [0.1, 0.15) is 70.2 Å². The van der Waals surface area contributed by atoms with Gasteiger partial charge in [-0.3, -0.25) is 9.59 Å². The molecular weight excluding hydrogens is 518 g/mol. The highest BCUT2D eigenvalue weighted by Gasteiger charge is 2.30. The van der Waals surface area contributed by atoms with Gasteiger partial charge in [0.05, 0.1) is 22.6 Å². The normalized spacial score (nSPS) is 16.2. The Morgan fingerprint density at radius 3 is 2.68 bits per heavy atom. The molecule has 3 heterocycles. The largest absolute Gasteiger partial charge is 0.381 e. The van der Waals surface area contributed by atoms with Crippen LogP contribution in [0.5, 0.6) is 0 Å². The fourth-order valence-electron chi connectivity index (χ4n) is 4.86. The molecule has 2 atom stereocenters. The van der Waals surface area contributed by atoms with Crippen LogP contribution in [-0.4, -0.2) is 32.1 Å². The molecule has 9 nitrogen and oxygen atoms in total. The summed E-state index contributed by atoms with van der Waals surface area (Å²) in [5.74, 6) is 0.0567. The second-order valence-corrected chi connectivity index (χ2v) is 12.3. The van der Waals surface area contributed by atoms with Crippen molar-refractivity contribution in [2.45, 2.75) is 46.1 Å². The minimum atomic E-state index is -0.448. The molecule has 198 valence electrons. The monoisotopic (exact) mass is 549 g/mol. The molecule has 6 N–H and O–H groups in total. The van der Waals surface area contributed by atoms with E-state index in [2.05, 4.69) is 46.2 Å². The molecule has 0 saturated carbocycles. The number of pyridine rings is 1. The van der Waals surface area contributed by atoms with Gasteiger partial charge in [-0.05, 0) is 66.0 Å². The maximum absolute atomic E-state index is 13.2. The smallest absolute Gasteiger partial charge is 0.279 e. The molecule has 0 saturated heterocycles. The molecule has 11 heteroatoms. The highest BCUT2D eigenvalue weighted by Crippen LogP contribution is 2.38. The summed E-state index contributed by atoms with van der Waals surface area (Å²) in [7, 11) is 0. The predicted molar refractivity (Wildman–Crippen MR) is 153 cm³/mol. The summed E-state index contributed by atoms with van der Waals surface area (Å²) in [4.78, 5) is 32.1. The van der Waals surface area contributed by atoms with Crippen LogP contribution >= 0.6 is 23.1 Å². The summed E-state index contributed by atoms with van der Waals surface area (Å²) >= 11 is 2.28. The number of carbonyl (C=O) groups excluding carboxylic acids is 2. The molecule has 0 radical (unpaired) electrons. The minimum Gasteiger partial charge on any atom is -0.381 e. The van der Waals surface area contributed by atoms with Gasteiger partial charge in [-0.2, -0.15) is 8.75 Å². The number of fused-ring (bicyclic) bond motifs is 2. The van der Waals surface area contributed by atoms with Crippen LogP contribution in [-0.2, 0) is 12.8 Å². The van der Waals surface area contributed by atoms with E-state index in [1.54, 1.807) is 18.2 Å². The van der Waals surface area contributed by atoms with Gasteiger partial charge in [-0.15, -0.1) is 11.3 Å². The lowest BCUT2D eigenvalue weighted by Gasteiger charge is -2.34. The zero-order chi connectivity index (χ0) is 27.0. The van der Waals surface area contributed by atoms with Crippen LogP contribution in [0, 0.1) is 11.3 Å². The number of hydrogen-bond donors (Lipinski definition) is 4. The number of rotatable bonds is 6. The number of hydrogen-bond acceptors (Lipinski definition) is 9. The van der Waals surface area contributed by atoms with E-state index in [0.717, 1.165) is 52.5 Å². The zero-order valence-electron chi connectivity index (χ0n) is 21.6. The quantitative estimate of drug-likeness (QED) is 0.275. The van der Waals surface area contributed by atoms with Crippen molar-refractivity contribution in [1.82, 2.24) is 19.0 Å². The highest BCUT2D eigenvalue weighted by molar-refractivity contribution is 7.20. The Bertz CT molecular complexity index is 1500. The van der Waals surface area contributed by atoms with Crippen LogP contribution in [0.4, 0.5) is 11.5 Å². The van der Waals surface area contributed by atoms with Crippen LogP contribution in [0.2, 0.25) is 0 Å². The first-order valence-electron chi connectivity index (χ1n) is 12.5. The van der Waals surface area contributed by atoms with Gasteiger partial charge in [0, 0.05) is 23.3 Å². The molecule has 2 amide bonds. The van der Waals surface area contributed by atoms with E-state index in [4.69, 9.17) is 16.5 Å². The van der Waals surface area contributed by atoms with Gasteiger partial charge in [-0.25, -0.2) is 4.98 Å². The van der Waals surface area contributed by atoms with Crippen molar-refractivity contribution < 1.29 is 9.59 Å². The summed E-state index contributed by atoms with van der Waals surface area (Å²) in [6.45, 7) is 7.09. The van der Waals surface area contributed by atoms with Crippen molar-refractivity contribution in [3.63, 3.8) is 0 Å². The molecule has 1 aliphatic rings. The van der Waals surface area contributed by atoms with Gasteiger partial charge < -0.3 is 22.1 Å². The van der Waals surface area contributed by atoms with Crippen LogP contribution in [0.3, 0.4) is 0 Å². The van der Waals surface area contributed by atoms with E-state index in [9.17, 15) is 9.59 Å². The van der Waals surface area contributed by atoms with Crippen molar-refractivity contribution in [3.8, 4) is 0 Å². The molecule has 38 heavy (non-hydrogen) atoms. The Kier molecular flexibility index (Phi) is 7.17. The Hall–Kier alpha value is -3.41. The maximum atomic E-state index is 13.2. The number of aryl methyl sites for hydroxylation is 1. The predicted octanol–water partition coefficient (Wildman–Crippen LogP) is 4.56. The zero-order valence-corrected chi connectivity index (χ0v) is 23.2. The Balaban J connectivity index is 1.31. The molecule has 3 aromatic heterocycles. The molecule has 4 aromatic rings. The third-order valence-electron chi connectivity index (χ3n) is 7.14. The number of anilines is 2. The Morgan fingerprint density at radius 1 is 1.16 bits per heavy atom. The van der Waals surface area contributed by atoms with Crippen molar-refractivity contribution in [2.24, 2.45) is 17.1 Å². The van der Waals surface area contributed by atoms with E-state index in [-0.39, 0.29) is 29.4 Å². The van der Waals surface area contributed by atoms with Crippen molar-refractivity contribution in [1.29, 1.82) is 0 Å². The molecule has 0 fully saturated rings. The number of aromatic nitrogens is 3. The van der Waals surface area contributed by atoms with Crippen LogP contribution in [0.15, 0.2) is 36.4 Å². The topological polar surface area (TPSA) is 149 Å². The number of nitrogen functional groups attached to an aromatic ring is 1. The van der Waals surface area contributed by atoms with Crippen molar-refractivity contribution >= 4 is 56.6 Å². The third-order valence-corrected chi connectivity index (χ3v) is 8.72. The average Bonchev–Trinajstić information content (AvgIpc) is 3.50. The molecule has 0 spiro atoms. The first-order valence-corrected chi connectivity index (χ1v) is 14.1. The molecule has 5 rings (SSSR count). The van der Waals surface area contributed by atoms with E-state index < -0.39 is 11.9 Å². The van der Waals surface area contributed by atoms with Crippen LogP contribution < -0.4 is 22.1 Å². The molecular formula is C27H31N7O2S2. The summed E-state index contributed by atoms with van der Waals surface area (Å²) < 4.78 is 7.76. The number of nitrogens with two attached hydrogens (primary N) is 2. The lowest BCUT2D eigenvalue weighted by Crippen LogP contribution is -2.33. The van der Waals surface area contributed by atoms with E-state index in [0.29, 0.717) is 16.5 Å². The number of thiophene rings is 1. The Morgan fingerprint density at radius 2 is 1.97 bits per heavy atom. The molecule has 0 unspecified atom stereocenters. The van der Waals surface area contributed by atoms with Gasteiger partial charge in [-0.1, -0.05) is 32.9 Å². The SMILES string of the molecule is CC(C)(C)[C@@H]1CCc2nc3sc(C(=O)N[C@H](CN)c4cccc(NC(=O)c5nsnc5N)c4)cc3cc2C1. The highest BCUT2D eigenvalue weighted by atomic mass is 32.1. The van der Waals surface area contributed by atoms with Gasteiger partial charge in [0.15, 0.2) is 11.5 Å². The number of nitrogens with zero attached hydrogens (tertiary/aromatic N) is 3. The maximum Gasteiger partial charge on any atom is 0.279 e. The summed E-state index contributed by atoms with van der Waals surface area (Å²) in [5.41, 5.74) is 15.8. The molecule has 1 aliphatic carbocycles. The molecule has 1 aromatic carbocycles. The first kappa shape index (κ1) is 26.2. The number of carbonyl (C=O) groups is 2. The molecule has 0 bridgehead atoms. The van der Waals surface area contributed by atoms with E-state index >= 15 is 0 Å². The second kappa shape index (κ2) is 10.4. The number of benzene rings is 1. The lowest BCUT2D eigenvalue weighted by atomic mass is 9.71. The Labute approximate surface area is 229 Å². The van der Waals surface area contributed by atoms with E-state index in [1.807, 2.05) is 12.1 Å². The van der Waals surface area contributed by atoms with Gasteiger partial charge >= 0.3 is 0 Å². The molecule has 0 aliphatic heterocycles. The second-order valence-electron chi connectivity index (χ2n) is 10.7. The van der Waals surface area contributed by atoms with E-state index in [1.165, 1.54) is 16.9 Å². The van der Waals surface area contributed by atoms with Gasteiger partial charge in [0.2, 0.25) is 0 Å². The summed E-state index contributed by atoms with van der Waals surface area (Å²) in [6, 6.07) is 10.9. The summed E-state index contributed by atoms with van der Waals surface area (Å²) in [5, 5.41) is 6.81.